The molecule has 0 saturated carbocycles. The normalized spacial score (nSPS) is 11.1. The van der Waals surface area contributed by atoms with E-state index in [1.807, 2.05) is 44.2 Å². The highest BCUT2D eigenvalue weighted by Gasteiger charge is 2.21. The Bertz CT molecular complexity index is 1060. The third kappa shape index (κ3) is 3.64. The number of hydrogen-bond donors (Lipinski definition) is 1. The van der Waals surface area contributed by atoms with Gasteiger partial charge < -0.3 is 14.6 Å². The van der Waals surface area contributed by atoms with Gasteiger partial charge in [0.25, 0.3) is 0 Å². The maximum Gasteiger partial charge on any atom is 0.341 e. The zero-order valence-electron chi connectivity index (χ0n) is 15.2. The molecule has 3 aromatic rings. The Hall–Kier alpha value is -2.93. The van der Waals surface area contributed by atoms with Crippen LogP contribution in [-0.2, 0) is 6.54 Å². The highest BCUT2D eigenvalue weighted by molar-refractivity contribution is 6.32. The first-order chi connectivity index (χ1) is 12.8. The van der Waals surface area contributed by atoms with Gasteiger partial charge in [-0.25, -0.2) is 14.8 Å². The molecule has 0 spiro atoms. The number of hydrogen-bond acceptors (Lipinski definition) is 5. The predicted molar refractivity (Wildman–Crippen MR) is 105 cm³/mol. The summed E-state index contributed by atoms with van der Waals surface area (Å²) in [6, 6.07) is 9.59. The predicted octanol–water partition coefficient (Wildman–Crippen LogP) is 3.36. The Balaban J connectivity index is 2.18. The number of fused-ring (bicyclic) bond motifs is 1. The second-order valence-corrected chi connectivity index (χ2v) is 6.89. The molecule has 27 heavy (non-hydrogen) atoms. The smallest absolute Gasteiger partial charge is 0.341 e. The number of carbonyl (C=O) groups is 1. The van der Waals surface area contributed by atoms with Crippen LogP contribution in [0, 0.1) is 0 Å². The summed E-state index contributed by atoms with van der Waals surface area (Å²) in [5, 5.41) is 9.51. The van der Waals surface area contributed by atoms with E-state index in [0.717, 1.165) is 5.56 Å². The molecule has 0 amide bonds. The highest BCUT2D eigenvalue weighted by atomic mass is 35.5. The van der Waals surface area contributed by atoms with Crippen molar-refractivity contribution in [2.24, 2.45) is 0 Å². The summed E-state index contributed by atoms with van der Waals surface area (Å²) < 4.78 is 1.60. The number of aromatic carboxylic acids is 1. The molecule has 7 nitrogen and oxygen atoms in total. The lowest BCUT2D eigenvalue weighted by Gasteiger charge is -2.21. The van der Waals surface area contributed by atoms with Crippen LogP contribution in [0.4, 0.5) is 5.82 Å². The Morgan fingerprint density at radius 2 is 1.93 bits per heavy atom. The van der Waals surface area contributed by atoms with E-state index in [4.69, 9.17) is 11.6 Å². The monoisotopic (exact) mass is 386 g/mol. The SMILES string of the molecule is CC(C)n1cc(C(=O)O)c(=O)c2nc(N(C)Cc3ccccc3)c(Cl)nc21. The van der Waals surface area contributed by atoms with Gasteiger partial charge in [0.2, 0.25) is 5.43 Å². The van der Waals surface area contributed by atoms with Crippen LogP contribution in [-0.4, -0.2) is 32.7 Å². The number of carboxylic acid groups (broad SMARTS) is 1. The number of halogens is 1. The summed E-state index contributed by atoms with van der Waals surface area (Å²) in [5.41, 5.74) is 0.277. The van der Waals surface area contributed by atoms with Gasteiger partial charge in [0, 0.05) is 25.8 Å². The van der Waals surface area contributed by atoms with Crippen molar-refractivity contribution in [1.82, 2.24) is 14.5 Å². The summed E-state index contributed by atoms with van der Waals surface area (Å²) in [4.78, 5) is 34.6. The van der Waals surface area contributed by atoms with E-state index >= 15 is 0 Å². The maximum absolute atomic E-state index is 12.6. The molecule has 3 rings (SSSR count). The van der Waals surface area contributed by atoms with Crippen molar-refractivity contribution in [2.45, 2.75) is 26.4 Å². The highest BCUT2D eigenvalue weighted by Crippen LogP contribution is 2.25. The van der Waals surface area contributed by atoms with Crippen LogP contribution in [0.15, 0.2) is 41.3 Å². The van der Waals surface area contributed by atoms with Crippen LogP contribution < -0.4 is 10.3 Å². The maximum atomic E-state index is 12.6. The lowest BCUT2D eigenvalue weighted by molar-refractivity contribution is 0.0694. The third-order valence-electron chi connectivity index (χ3n) is 4.20. The average molecular weight is 387 g/mol. The van der Waals surface area contributed by atoms with Crippen LogP contribution in [0.3, 0.4) is 0 Å². The second-order valence-electron chi connectivity index (χ2n) is 6.53. The third-order valence-corrected chi connectivity index (χ3v) is 4.45. The van der Waals surface area contributed by atoms with E-state index in [0.29, 0.717) is 12.4 Å². The average Bonchev–Trinajstić information content (AvgIpc) is 2.61. The van der Waals surface area contributed by atoms with Crippen molar-refractivity contribution >= 4 is 34.6 Å². The van der Waals surface area contributed by atoms with Crippen LogP contribution >= 0.6 is 11.6 Å². The van der Waals surface area contributed by atoms with Crippen LogP contribution in [0.2, 0.25) is 5.15 Å². The number of pyridine rings is 1. The molecule has 1 aromatic carbocycles. The van der Waals surface area contributed by atoms with E-state index in [2.05, 4.69) is 9.97 Å². The standard InChI is InChI=1S/C19H19ClN4O3/c1-11(2)24-10-13(19(26)27)15(25)14-17(24)22-16(20)18(21-14)23(3)9-12-7-5-4-6-8-12/h4-8,10-11H,9H2,1-3H3,(H,26,27). The number of anilines is 1. The minimum Gasteiger partial charge on any atom is -0.477 e. The molecule has 0 bridgehead atoms. The summed E-state index contributed by atoms with van der Waals surface area (Å²) in [6.45, 7) is 4.24. The molecule has 0 aliphatic carbocycles. The van der Waals surface area contributed by atoms with Crippen molar-refractivity contribution in [1.29, 1.82) is 0 Å². The molecule has 0 unspecified atom stereocenters. The van der Waals surface area contributed by atoms with Gasteiger partial charge in [0.05, 0.1) is 0 Å². The van der Waals surface area contributed by atoms with Gasteiger partial charge in [-0.3, -0.25) is 4.79 Å². The van der Waals surface area contributed by atoms with Crippen LogP contribution in [0.1, 0.15) is 35.8 Å². The molecule has 0 aliphatic rings. The number of benzene rings is 1. The fourth-order valence-electron chi connectivity index (χ4n) is 2.84. The molecular formula is C19H19ClN4O3. The quantitative estimate of drug-likeness (QED) is 0.723. The van der Waals surface area contributed by atoms with Gasteiger partial charge >= 0.3 is 5.97 Å². The summed E-state index contributed by atoms with van der Waals surface area (Å²) >= 11 is 6.35. The largest absolute Gasteiger partial charge is 0.477 e. The van der Waals surface area contributed by atoms with Gasteiger partial charge in [0.1, 0.15) is 5.56 Å². The molecule has 0 fully saturated rings. The van der Waals surface area contributed by atoms with E-state index in [9.17, 15) is 14.7 Å². The van der Waals surface area contributed by atoms with Crippen LogP contribution in [0.5, 0.6) is 0 Å². The lowest BCUT2D eigenvalue weighted by atomic mass is 10.2. The Morgan fingerprint density at radius 3 is 2.52 bits per heavy atom. The second kappa shape index (κ2) is 7.36. The molecule has 1 N–H and O–H groups in total. The van der Waals surface area contributed by atoms with Crippen molar-refractivity contribution < 1.29 is 9.90 Å². The first-order valence-corrected chi connectivity index (χ1v) is 8.78. The zero-order chi connectivity index (χ0) is 19.7. The first-order valence-electron chi connectivity index (χ1n) is 8.40. The van der Waals surface area contributed by atoms with E-state index in [1.54, 1.807) is 16.5 Å². The van der Waals surface area contributed by atoms with Gasteiger partial charge in [-0.15, -0.1) is 0 Å². The Kier molecular flexibility index (Phi) is 5.14. The first kappa shape index (κ1) is 18.8. The fourth-order valence-corrected chi connectivity index (χ4v) is 3.10. The molecule has 0 atom stereocenters. The Morgan fingerprint density at radius 1 is 1.26 bits per heavy atom. The number of aromatic nitrogens is 3. The summed E-state index contributed by atoms with van der Waals surface area (Å²) in [7, 11) is 1.79. The van der Waals surface area contributed by atoms with Crippen molar-refractivity contribution in [2.75, 3.05) is 11.9 Å². The number of carboxylic acids is 1. The summed E-state index contributed by atoms with van der Waals surface area (Å²) in [5.74, 6) is -0.977. The van der Waals surface area contributed by atoms with Gasteiger partial charge in [-0.2, -0.15) is 0 Å². The van der Waals surface area contributed by atoms with Gasteiger partial charge in [-0.05, 0) is 19.4 Å². The minimum absolute atomic E-state index is 0.0112. The Labute approximate surface area is 160 Å². The number of rotatable bonds is 5. The van der Waals surface area contributed by atoms with Crippen LogP contribution in [0.25, 0.3) is 11.2 Å². The molecule has 2 heterocycles. The lowest BCUT2D eigenvalue weighted by Crippen LogP contribution is -2.24. The number of nitrogens with zero attached hydrogens (tertiary/aromatic N) is 4. The topological polar surface area (TPSA) is 88.3 Å². The molecule has 0 radical (unpaired) electrons. The van der Waals surface area contributed by atoms with Gasteiger partial charge in [0.15, 0.2) is 22.1 Å². The molecule has 2 aromatic heterocycles. The fraction of sp³-hybridized carbons (Fsp3) is 0.263. The van der Waals surface area contributed by atoms with E-state index in [1.165, 1.54) is 6.20 Å². The van der Waals surface area contributed by atoms with Crippen molar-refractivity contribution in [3.8, 4) is 0 Å². The van der Waals surface area contributed by atoms with Crippen molar-refractivity contribution in [3.05, 3.63) is 63.0 Å². The molecule has 0 saturated heterocycles. The summed E-state index contributed by atoms with van der Waals surface area (Å²) in [6.07, 6.45) is 1.29. The van der Waals surface area contributed by atoms with E-state index < -0.39 is 11.4 Å². The molecular weight excluding hydrogens is 368 g/mol. The van der Waals surface area contributed by atoms with E-state index in [-0.39, 0.29) is 27.9 Å². The zero-order valence-corrected chi connectivity index (χ0v) is 15.9. The molecule has 8 heteroatoms. The molecule has 140 valence electrons. The van der Waals surface area contributed by atoms with Crippen molar-refractivity contribution in [3.63, 3.8) is 0 Å². The minimum atomic E-state index is -1.30. The molecule has 0 aliphatic heterocycles. The van der Waals surface area contributed by atoms with Gasteiger partial charge in [-0.1, -0.05) is 41.9 Å².